The van der Waals surface area contributed by atoms with Crippen LogP contribution in [-0.2, 0) is 0 Å². The van der Waals surface area contributed by atoms with Gasteiger partial charge >= 0.3 is 0 Å². The van der Waals surface area contributed by atoms with Crippen molar-refractivity contribution in [2.24, 2.45) is 0 Å². The average molecular weight is 260 g/mol. The lowest BCUT2D eigenvalue weighted by molar-refractivity contribution is 0.192. The largest absolute Gasteiger partial charge is 0.458 e. The van der Waals surface area contributed by atoms with Crippen LogP contribution in [0.25, 0.3) is 11.0 Å². The van der Waals surface area contributed by atoms with E-state index < -0.39 is 6.10 Å². The summed E-state index contributed by atoms with van der Waals surface area (Å²) in [6.45, 7) is 0. The lowest BCUT2D eigenvalue weighted by Gasteiger charge is -2.07. The molecule has 0 aliphatic heterocycles. The Morgan fingerprint density at radius 1 is 1.17 bits per heavy atom. The van der Waals surface area contributed by atoms with Crippen molar-refractivity contribution in [2.45, 2.75) is 6.10 Å². The number of furan rings is 1. The number of nitrogens with zero attached hydrogens (tertiary/aromatic N) is 1. The summed E-state index contributed by atoms with van der Waals surface area (Å²) in [6.07, 6.45) is 0.724. The third-order valence-corrected chi connectivity index (χ3v) is 2.99. The quantitative estimate of drug-likeness (QED) is 0.716. The maximum Gasteiger partial charge on any atom is 0.138 e. The molecule has 1 N–H and O–H groups in total. The van der Waals surface area contributed by atoms with Crippen LogP contribution in [0.1, 0.15) is 17.4 Å². The van der Waals surface area contributed by atoms with Gasteiger partial charge in [-0.05, 0) is 29.8 Å². The molecule has 2 aromatic heterocycles. The van der Waals surface area contributed by atoms with Crippen molar-refractivity contribution in [2.75, 3.05) is 0 Å². The molecule has 0 spiro atoms. The second kappa shape index (κ2) is 4.44. The van der Waals surface area contributed by atoms with Crippen LogP contribution in [0.15, 0.2) is 53.1 Å². The summed E-state index contributed by atoms with van der Waals surface area (Å²) in [5, 5.41) is 11.6. The molecule has 0 amide bonds. The summed E-state index contributed by atoms with van der Waals surface area (Å²) in [6, 6.07) is 12.8. The van der Waals surface area contributed by atoms with Gasteiger partial charge in [0.25, 0.3) is 0 Å². The monoisotopic (exact) mass is 259 g/mol. The van der Waals surface area contributed by atoms with Crippen LogP contribution in [0.2, 0.25) is 5.15 Å². The normalized spacial score (nSPS) is 12.8. The van der Waals surface area contributed by atoms with Gasteiger partial charge in [0.05, 0.1) is 0 Å². The first-order chi connectivity index (χ1) is 8.74. The van der Waals surface area contributed by atoms with E-state index in [0.29, 0.717) is 16.5 Å². The minimum atomic E-state index is -0.835. The van der Waals surface area contributed by atoms with Gasteiger partial charge in [-0.1, -0.05) is 29.8 Å². The van der Waals surface area contributed by atoms with Crippen molar-refractivity contribution < 1.29 is 9.52 Å². The van der Waals surface area contributed by atoms with Gasteiger partial charge in [-0.3, -0.25) is 0 Å². The van der Waals surface area contributed by atoms with Crippen LogP contribution in [0.5, 0.6) is 0 Å². The molecule has 1 aromatic carbocycles. The second-order valence-electron chi connectivity index (χ2n) is 4.00. The van der Waals surface area contributed by atoms with Crippen molar-refractivity contribution in [3.05, 3.63) is 65.1 Å². The fourth-order valence-corrected chi connectivity index (χ4v) is 2.07. The molecule has 2 heterocycles. The van der Waals surface area contributed by atoms with Crippen LogP contribution in [0.4, 0.5) is 0 Å². The number of hydrogen-bond acceptors (Lipinski definition) is 3. The standard InChI is InChI=1S/C14H10ClNO2/c15-13-8-10(5-6-16-13)14(17)12-7-9-3-1-2-4-11(9)18-12/h1-8,14,17H. The van der Waals surface area contributed by atoms with Crippen molar-refractivity contribution in [1.29, 1.82) is 0 Å². The molecule has 0 fully saturated rings. The Labute approximate surface area is 109 Å². The highest BCUT2D eigenvalue weighted by Gasteiger charge is 2.15. The lowest BCUT2D eigenvalue weighted by Crippen LogP contribution is -1.98. The van der Waals surface area contributed by atoms with Crippen LogP contribution in [-0.4, -0.2) is 10.1 Å². The first kappa shape index (κ1) is 11.3. The third-order valence-electron chi connectivity index (χ3n) is 2.78. The Bertz CT molecular complexity index is 660. The number of aromatic nitrogens is 1. The molecule has 3 nitrogen and oxygen atoms in total. The highest BCUT2D eigenvalue weighted by Crippen LogP contribution is 2.28. The topological polar surface area (TPSA) is 46.3 Å². The number of halogens is 1. The number of pyridine rings is 1. The molecule has 1 unspecified atom stereocenters. The molecule has 0 aliphatic carbocycles. The van der Waals surface area contributed by atoms with Crippen LogP contribution >= 0.6 is 11.6 Å². The van der Waals surface area contributed by atoms with Gasteiger partial charge in [0.2, 0.25) is 0 Å². The van der Waals surface area contributed by atoms with Gasteiger partial charge in [0, 0.05) is 11.6 Å². The zero-order chi connectivity index (χ0) is 12.5. The van der Waals surface area contributed by atoms with Crippen molar-refractivity contribution in [3.63, 3.8) is 0 Å². The van der Waals surface area contributed by atoms with E-state index in [0.717, 1.165) is 11.0 Å². The number of para-hydroxylation sites is 1. The Hall–Kier alpha value is -1.84. The second-order valence-corrected chi connectivity index (χ2v) is 4.39. The maximum atomic E-state index is 10.2. The predicted molar refractivity (Wildman–Crippen MR) is 69.5 cm³/mol. The van der Waals surface area contributed by atoms with E-state index in [9.17, 15) is 5.11 Å². The van der Waals surface area contributed by atoms with Gasteiger partial charge in [0.1, 0.15) is 22.6 Å². The highest BCUT2D eigenvalue weighted by molar-refractivity contribution is 6.29. The van der Waals surface area contributed by atoms with Gasteiger partial charge in [-0.15, -0.1) is 0 Å². The van der Waals surface area contributed by atoms with Crippen molar-refractivity contribution >= 4 is 22.6 Å². The number of rotatable bonds is 2. The van der Waals surface area contributed by atoms with Crippen LogP contribution in [0.3, 0.4) is 0 Å². The van der Waals surface area contributed by atoms with Gasteiger partial charge < -0.3 is 9.52 Å². The number of aliphatic hydroxyl groups is 1. The smallest absolute Gasteiger partial charge is 0.138 e. The number of aliphatic hydroxyl groups excluding tert-OH is 1. The first-order valence-electron chi connectivity index (χ1n) is 5.52. The molecule has 0 bridgehead atoms. The van der Waals surface area contributed by atoms with Crippen LogP contribution in [0, 0.1) is 0 Å². The van der Waals surface area contributed by atoms with E-state index in [-0.39, 0.29) is 0 Å². The number of fused-ring (bicyclic) bond motifs is 1. The van der Waals surface area contributed by atoms with E-state index in [4.69, 9.17) is 16.0 Å². The van der Waals surface area contributed by atoms with E-state index in [1.165, 1.54) is 0 Å². The van der Waals surface area contributed by atoms with Gasteiger partial charge in [-0.2, -0.15) is 0 Å². The summed E-state index contributed by atoms with van der Waals surface area (Å²) < 4.78 is 5.61. The Kier molecular flexibility index (Phi) is 2.78. The number of hydrogen-bond donors (Lipinski definition) is 1. The van der Waals surface area contributed by atoms with E-state index >= 15 is 0 Å². The zero-order valence-electron chi connectivity index (χ0n) is 9.38. The molecule has 0 aliphatic rings. The molecule has 18 heavy (non-hydrogen) atoms. The molecule has 0 saturated carbocycles. The summed E-state index contributed by atoms with van der Waals surface area (Å²) in [4.78, 5) is 3.88. The molecular formula is C14H10ClNO2. The minimum absolute atomic E-state index is 0.350. The molecule has 3 aromatic rings. The Morgan fingerprint density at radius 2 is 2.00 bits per heavy atom. The highest BCUT2D eigenvalue weighted by atomic mass is 35.5. The zero-order valence-corrected chi connectivity index (χ0v) is 10.1. The minimum Gasteiger partial charge on any atom is -0.458 e. The van der Waals surface area contributed by atoms with Gasteiger partial charge in [-0.25, -0.2) is 4.98 Å². The van der Waals surface area contributed by atoms with E-state index in [1.54, 1.807) is 18.3 Å². The summed E-state index contributed by atoms with van der Waals surface area (Å²) in [5.74, 6) is 0.499. The van der Waals surface area contributed by atoms with Gasteiger partial charge in [0.15, 0.2) is 0 Å². The lowest BCUT2D eigenvalue weighted by atomic mass is 10.1. The third kappa shape index (κ3) is 1.98. The predicted octanol–water partition coefficient (Wildman–Crippen LogP) is 3.56. The molecular weight excluding hydrogens is 250 g/mol. The number of benzene rings is 1. The van der Waals surface area contributed by atoms with E-state index in [1.807, 2.05) is 30.3 Å². The first-order valence-corrected chi connectivity index (χ1v) is 5.90. The van der Waals surface area contributed by atoms with Crippen molar-refractivity contribution in [3.8, 4) is 0 Å². The molecule has 90 valence electrons. The molecule has 1 atom stereocenters. The van der Waals surface area contributed by atoms with Crippen molar-refractivity contribution in [1.82, 2.24) is 4.98 Å². The Morgan fingerprint density at radius 3 is 2.78 bits per heavy atom. The SMILES string of the molecule is OC(c1ccnc(Cl)c1)c1cc2ccccc2o1. The Balaban J connectivity index is 2.03. The van der Waals surface area contributed by atoms with E-state index in [2.05, 4.69) is 4.98 Å². The summed E-state index contributed by atoms with van der Waals surface area (Å²) in [5.41, 5.74) is 1.42. The molecule has 4 heteroatoms. The average Bonchev–Trinajstić information content (AvgIpc) is 2.81. The summed E-state index contributed by atoms with van der Waals surface area (Å²) in [7, 11) is 0. The fraction of sp³-hybridized carbons (Fsp3) is 0.0714. The van der Waals surface area contributed by atoms with Crippen LogP contribution < -0.4 is 0 Å². The fourth-order valence-electron chi connectivity index (χ4n) is 1.89. The molecule has 0 radical (unpaired) electrons. The maximum absolute atomic E-state index is 10.2. The molecule has 0 saturated heterocycles. The molecule has 3 rings (SSSR count). The summed E-state index contributed by atoms with van der Waals surface area (Å²) >= 11 is 5.80.